The maximum atomic E-state index is 13.1. The van der Waals surface area contributed by atoms with Gasteiger partial charge in [-0.2, -0.15) is 0 Å². The van der Waals surface area contributed by atoms with Crippen molar-refractivity contribution in [2.75, 3.05) is 42.6 Å². The van der Waals surface area contributed by atoms with E-state index in [2.05, 4.69) is 5.32 Å². The molecule has 3 rings (SSSR count). The third-order valence-electron chi connectivity index (χ3n) is 5.62. The van der Waals surface area contributed by atoms with E-state index < -0.39 is 22.5 Å². The highest BCUT2D eigenvalue weighted by Gasteiger charge is 2.26. The molecule has 0 aliphatic carbocycles. The molecule has 1 aliphatic heterocycles. The molecule has 1 aliphatic rings. The van der Waals surface area contributed by atoms with Crippen molar-refractivity contribution >= 4 is 33.2 Å². The van der Waals surface area contributed by atoms with E-state index in [0.717, 1.165) is 41.8 Å². The lowest BCUT2D eigenvalue weighted by Gasteiger charge is -2.25. The topological polar surface area (TPSA) is 96.0 Å². The number of carbonyl (C=O) groups is 2. The predicted octanol–water partition coefficient (Wildman–Crippen LogP) is 3.42. The number of methoxy groups -OCH3 is 1. The molecule has 2 aromatic carbocycles. The first-order valence-corrected chi connectivity index (χ1v) is 12.9. The zero-order chi connectivity index (χ0) is 24.0. The van der Waals surface area contributed by atoms with Gasteiger partial charge in [-0.3, -0.25) is 13.9 Å². The van der Waals surface area contributed by atoms with Crippen molar-refractivity contribution in [2.45, 2.75) is 32.6 Å². The number of likely N-dealkylation sites (tertiary alicyclic amines) is 1. The van der Waals surface area contributed by atoms with E-state index in [1.807, 2.05) is 11.8 Å². The molecular formula is C24H31N3O5S. The summed E-state index contributed by atoms with van der Waals surface area (Å²) < 4.78 is 31.4. The summed E-state index contributed by atoms with van der Waals surface area (Å²) in [6.07, 6.45) is 5.17. The van der Waals surface area contributed by atoms with Crippen LogP contribution < -0.4 is 14.4 Å². The third-order valence-corrected chi connectivity index (χ3v) is 6.74. The van der Waals surface area contributed by atoms with Crippen molar-refractivity contribution < 1.29 is 22.7 Å². The van der Waals surface area contributed by atoms with Crippen molar-refractivity contribution in [3.8, 4) is 5.75 Å². The fourth-order valence-corrected chi connectivity index (χ4v) is 4.77. The molecule has 2 aromatic rings. The van der Waals surface area contributed by atoms with Gasteiger partial charge in [0, 0.05) is 13.1 Å². The molecule has 0 unspecified atom stereocenters. The van der Waals surface area contributed by atoms with E-state index in [-0.39, 0.29) is 11.6 Å². The van der Waals surface area contributed by atoms with Crippen LogP contribution in [0.5, 0.6) is 5.75 Å². The molecule has 0 bridgehead atoms. The fourth-order valence-electron chi connectivity index (χ4n) is 3.92. The number of carbonyl (C=O) groups excluding carboxylic acids is 2. The maximum absolute atomic E-state index is 13.1. The summed E-state index contributed by atoms with van der Waals surface area (Å²) in [5.74, 6) is -0.344. The van der Waals surface area contributed by atoms with Gasteiger partial charge in [0.05, 0.1) is 30.3 Å². The molecule has 8 nitrogen and oxygen atoms in total. The summed E-state index contributed by atoms with van der Waals surface area (Å²) in [4.78, 5) is 27.9. The Hall–Kier alpha value is -3.07. The first-order valence-electron chi connectivity index (χ1n) is 11.0. The number of hydrogen-bond acceptors (Lipinski definition) is 5. The number of hydrogen-bond donors (Lipinski definition) is 1. The Balaban J connectivity index is 1.84. The second-order valence-corrected chi connectivity index (χ2v) is 10.2. The van der Waals surface area contributed by atoms with E-state index in [9.17, 15) is 18.0 Å². The summed E-state index contributed by atoms with van der Waals surface area (Å²) in [6, 6.07) is 11.9. The van der Waals surface area contributed by atoms with E-state index >= 15 is 0 Å². The van der Waals surface area contributed by atoms with Crippen LogP contribution in [0.15, 0.2) is 42.5 Å². The van der Waals surface area contributed by atoms with Crippen LogP contribution in [-0.2, 0) is 14.8 Å². The van der Waals surface area contributed by atoms with E-state index in [0.29, 0.717) is 30.1 Å². The van der Waals surface area contributed by atoms with Crippen LogP contribution in [0.3, 0.4) is 0 Å². The number of rotatable bonds is 7. The SMILES string of the molecule is COc1ccc(C)cc1N(CC(=O)Nc1ccccc1C(=O)N1CCCCCC1)S(C)(=O)=O. The summed E-state index contributed by atoms with van der Waals surface area (Å²) in [5, 5.41) is 2.74. The number of aryl methyl sites for hydroxylation is 1. The molecule has 0 radical (unpaired) electrons. The second-order valence-electron chi connectivity index (χ2n) is 8.25. The highest BCUT2D eigenvalue weighted by Crippen LogP contribution is 2.31. The maximum Gasteiger partial charge on any atom is 0.255 e. The van der Waals surface area contributed by atoms with E-state index in [1.54, 1.807) is 42.5 Å². The zero-order valence-corrected chi connectivity index (χ0v) is 20.2. The fraction of sp³-hybridized carbons (Fsp3) is 0.417. The standard InChI is InChI=1S/C24H31N3O5S/c1-18-12-13-22(32-2)21(16-18)27(33(3,30)31)17-23(28)25-20-11-7-6-10-19(20)24(29)26-14-8-4-5-9-15-26/h6-7,10-13,16H,4-5,8-9,14-15,17H2,1-3H3,(H,25,28). The quantitative estimate of drug-likeness (QED) is 0.665. The van der Waals surface area contributed by atoms with Gasteiger partial charge in [-0.05, 0) is 49.6 Å². The van der Waals surface area contributed by atoms with Gasteiger partial charge in [0.2, 0.25) is 15.9 Å². The molecule has 1 N–H and O–H groups in total. The van der Waals surface area contributed by atoms with Crippen molar-refractivity contribution in [1.82, 2.24) is 4.90 Å². The Morgan fingerprint density at radius 1 is 1.06 bits per heavy atom. The normalized spacial score (nSPS) is 14.3. The van der Waals surface area contributed by atoms with Crippen LogP contribution in [-0.4, -0.2) is 58.1 Å². The van der Waals surface area contributed by atoms with Crippen LogP contribution in [0, 0.1) is 6.92 Å². The number of anilines is 2. The molecule has 0 saturated carbocycles. The molecule has 9 heteroatoms. The van der Waals surface area contributed by atoms with Gasteiger partial charge in [-0.15, -0.1) is 0 Å². The van der Waals surface area contributed by atoms with E-state index in [4.69, 9.17) is 4.74 Å². The van der Waals surface area contributed by atoms with Crippen molar-refractivity contribution in [2.24, 2.45) is 0 Å². The lowest BCUT2D eigenvalue weighted by atomic mass is 10.1. The molecule has 1 saturated heterocycles. The van der Waals surface area contributed by atoms with Gasteiger partial charge in [0.15, 0.2) is 0 Å². The Morgan fingerprint density at radius 2 is 1.73 bits per heavy atom. The van der Waals surface area contributed by atoms with Crippen LogP contribution in [0.1, 0.15) is 41.6 Å². The largest absolute Gasteiger partial charge is 0.495 e. The summed E-state index contributed by atoms with van der Waals surface area (Å²) in [6.45, 7) is 2.76. The summed E-state index contributed by atoms with van der Waals surface area (Å²) >= 11 is 0. The smallest absolute Gasteiger partial charge is 0.255 e. The molecule has 2 amide bonds. The minimum atomic E-state index is -3.78. The summed E-state index contributed by atoms with van der Waals surface area (Å²) in [5.41, 5.74) is 1.87. The lowest BCUT2D eigenvalue weighted by Crippen LogP contribution is -2.38. The third kappa shape index (κ3) is 6.25. The molecule has 1 heterocycles. The zero-order valence-electron chi connectivity index (χ0n) is 19.3. The summed E-state index contributed by atoms with van der Waals surface area (Å²) in [7, 11) is -2.34. The number of ether oxygens (including phenoxy) is 1. The average molecular weight is 474 g/mol. The van der Waals surface area contributed by atoms with Gasteiger partial charge in [-0.25, -0.2) is 8.42 Å². The highest BCUT2D eigenvalue weighted by atomic mass is 32.2. The van der Waals surface area contributed by atoms with Crippen LogP contribution in [0.25, 0.3) is 0 Å². The predicted molar refractivity (Wildman–Crippen MR) is 129 cm³/mol. The number of nitrogens with one attached hydrogen (secondary N) is 1. The minimum absolute atomic E-state index is 0.131. The highest BCUT2D eigenvalue weighted by molar-refractivity contribution is 7.92. The molecule has 1 fully saturated rings. The minimum Gasteiger partial charge on any atom is -0.495 e. The van der Waals surface area contributed by atoms with Crippen molar-refractivity contribution in [3.05, 3.63) is 53.6 Å². The Labute approximate surface area is 195 Å². The second kappa shape index (κ2) is 10.7. The Morgan fingerprint density at radius 3 is 2.36 bits per heavy atom. The first kappa shape index (κ1) is 24.6. The van der Waals surface area contributed by atoms with Gasteiger partial charge in [0.25, 0.3) is 5.91 Å². The van der Waals surface area contributed by atoms with Crippen LogP contribution >= 0.6 is 0 Å². The molecule has 33 heavy (non-hydrogen) atoms. The lowest BCUT2D eigenvalue weighted by molar-refractivity contribution is -0.114. The van der Waals surface area contributed by atoms with Crippen LogP contribution in [0.4, 0.5) is 11.4 Å². The number of amides is 2. The number of sulfonamides is 1. The average Bonchev–Trinajstić information content (AvgIpc) is 3.06. The van der Waals surface area contributed by atoms with Gasteiger partial charge in [0.1, 0.15) is 12.3 Å². The Kier molecular flexibility index (Phi) is 7.97. The number of nitrogens with zero attached hydrogens (tertiary/aromatic N) is 2. The monoisotopic (exact) mass is 473 g/mol. The first-order chi connectivity index (χ1) is 15.7. The molecule has 178 valence electrons. The van der Waals surface area contributed by atoms with Crippen LogP contribution in [0.2, 0.25) is 0 Å². The van der Waals surface area contributed by atoms with Crippen molar-refractivity contribution in [3.63, 3.8) is 0 Å². The molecule has 0 spiro atoms. The molecular weight excluding hydrogens is 442 g/mol. The van der Waals surface area contributed by atoms with Gasteiger partial charge in [-0.1, -0.05) is 31.0 Å². The Bertz CT molecular complexity index is 1110. The number of para-hydroxylation sites is 1. The molecule has 0 atom stereocenters. The molecule has 0 aromatic heterocycles. The van der Waals surface area contributed by atoms with Gasteiger partial charge < -0.3 is 15.0 Å². The number of benzene rings is 2. The van der Waals surface area contributed by atoms with Gasteiger partial charge >= 0.3 is 0 Å². The van der Waals surface area contributed by atoms with Crippen molar-refractivity contribution in [1.29, 1.82) is 0 Å². The van der Waals surface area contributed by atoms with E-state index in [1.165, 1.54) is 7.11 Å².